The fraction of sp³-hybridized carbons (Fsp3) is 0.533. The van der Waals surface area contributed by atoms with Crippen molar-refractivity contribution in [3.63, 3.8) is 0 Å². The molecular formula is C15H21ClN2. The third-order valence-corrected chi connectivity index (χ3v) is 3.60. The van der Waals surface area contributed by atoms with E-state index < -0.39 is 0 Å². The minimum absolute atomic E-state index is 0.419. The molecule has 0 aliphatic rings. The van der Waals surface area contributed by atoms with Gasteiger partial charge in [0.2, 0.25) is 0 Å². The molecule has 1 rings (SSSR count). The van der Waals surface area contributed by atoms with Gasteiger partial charge in [-0.05, 0) is 31.9 Å². The van der Waals surface area contributed by atoms with Crippen LogP contribution >= 0.6 is 11.6 Å². The summed E-state index contributed by atoms with van der Waals surface area (Å²) in [6.07, 6.45) is 3.33. The van der Waals surface area contributed by atoms with Crippen LogP contribution in [-0.2, 0) is 0 Å². The largest absolute Gasteiger partial charge is 0.368 e. The first kappa shape index (κ1) is 14.9. The Kier molecular flexibility index (Phi) is 6.01. The van der Waals surface area contributed by atoms with Gasteiger partial charge in [-0.3, -0.25) is 0 Å². The van der Waals surface area contributed by atoms with Crippen LogP contribution in [-0.4, -0.2) is 12.6 Å². The summed E-state index contributed by atoms with van der Waals surface area (Å²) in [5.74, 6) is 0. The van der Waals surface area contributed by atoms with E-state index >= 15 is 0 Å². The summed E-state index contributed by atoms with van der Waals surface area (Å²) in [6, 6.07) is 8.33. The van der Waals surface area contributed by atoms with Crippen molar-refractivity contribution in [2.24, 2.45) is 0 Å². The number of unbranched alkanes of at least 4 members (excludes halogenated alkanes) is 1. The number of benzene rings is 1. The Morgan fingerprint density at radius 1 is 1.39 bits per heavy atom. The molecule has 0 fully saturated rings. The molecule has 3 heteroatoms. The maximum Gasteiger partial charge on any atom is 0.103 e. The van der Waals surface area contributed by atoms with Gasteiger partial charge >= 0.3 is 0 Å². The lowest BCUT2D eigenvalue weighted by molar-refractivity contribution is 0.595. The molecule has 0 amide bonds. The zero-order valence-electron chi connectivity index (χ0n) is 11.4. The van der Waals surface area contributed by atoms with E-state index in [9.17, 15) is 5.26 Å². The van der Waals surface area contributed by atoms with E-state index in [0.717, 1.165) is 31.5 Å². The zero-order chi connectivity index (χ0) is 13.5. The van der Waals surface area contributed by atoms with E-state index in [4.69, 9.17) is 11.6 Å². The molecule has 1 aromatic carbocycles. The van der Waals surface area contributed by atoms with Gasteiger partial charge in [0.25, 0.3) is 0 Å². The Bertz CT molecular complexity index is 423. The van der Waals surface area contributed by atoms with Crippen molar-refractivity contribution >= 4 is 17.3 Å². The van der Waals surface area contributed by atoms with E-state index in [1.165, 1.54) is 0 Å². The van der Waals surface area contributed by atoms with Crippen molar-refractivity contribution < 1.29 is 0 Å². The quantitative estimate of drug-likeness (QED) is 0.750. The summed E-state index contributed by atoms with van der Waals surface area (Å²) in [5, 5.41) is 9.81. The number of rotatable bonds is 6. The fourth-order valence-corrected chi connectivity index (χ4v) is 2.20. The number of halogens is 1. The molecule has 98 valence electrons. The van der Waals surface area contributed by atoms with Gasteiger partial charge in [0.1, 0.15) is 6.07 Å². The monoisotopic (exact) mass is 264 g/mol. The van der Waals surface area contributed by atoms with Gasteiger partial charge in [-0.15, -0.1) is 0 Å². The highest BCUT2D eigenvalue weighted by molar-refractivity contribution is 6.32. The maximum absolute atomic E-state index is 9.27. The smallest absolute Gasteiger partial charge is 0.103 e. The Balaban J connectivity index is 3.12. The summed E-state index contributed by atoms with van der Waals surface area (Å²) in [6.45, 7) is 7.51. The van der Waals surface area contributed by atoms with Gasteiger partial charge in [0.05, 0.1) is 16.3 Å². The Morgan fingerprint density at radius 3 is 2.67 bits per heavy atom. The first-order valence-corrected chi connectivity index (χ1v) is 6.98. The van der Waals surface area contributed by atoms with Crippen molar-refractivity contribution in [3.05, 3.63) is 28.8 Å². The van der Waals surface area contributed by atoms with Crippen molar-refractivity contribution in [1.29, 1.82) is 5.26 Å². The van der Waals surface area contributed by atoms with Gasteiger partial charge < -0.3 is 4.90 Å². The molecule has 1 atom stereocenters. The molecule has 18 heavy (non-hydrogen) atoms. The van der Waals surface area contributed by atoms with Crippen molar-refractivity contribution in [2.45, 2.75) is 46.1 Å². The molecule has 0 aromatic heterocycles. The summed E-state index contributed by atoms with van der Waals surface area (Å²) >= 11 is 6.11. The fourth-order valence-electron chi connectivity index (χ4n) is 1.99. The lowest BCUT2D eigenvalue weighted by atomic mass is 10.1. The lowest BCUT2D eigenvalue weighted by Gasteiger charge is -2.31. The number of anilines is 1. The van der Waals surface area contributed by atoms with Crippen LogP contribution in [0.15, 0.2) is 18.2 Å². The van der Waals surface area contributed by atoms with E-state index in [-0.39, 0.29) is 0 Å². The highest BCUT2D eigenvalue weighted by Crippen LogP contribution is 2.29. The summed E-state index contributed by atoms with van der Waals surface area (Å²) < 4.78 is 0. The Morgan fingerprint density at radius 2 is 2.11 bits per heavy atom. The highest BCUT2D eigenvalue weighted by atomic mass is 35.5. The molecular weight excluding hydrogens is 244 g/mol. The predicted molar refractivity (Wildman–Crippen MR) is 78.2 cm³/mol. The van der Waals surface area contributed by atoms with Crippen LogP contribution in [0.5, 0.6) is 0 Å². The minimum Gasteiger partial charge on any atom is -0.368 e. The third kappa shape index (κ3) is 3.40. The van der Waals surface area contributed by atoms with E-state index in [1.807, 2.05) is 12.1 Å². The Hall–Kier alpha value is -1.20. The number of hydrogen-bond acceptors (Lipinski definition) is 2. The van der Waals surface area contributed by atoms with Gasteiger partial charge in [-0.1, -0.05) is 37.9 Å². The number of nitrogens with zero attached hydrogens (tertiary/aromatic N) is 2. The second kappa shape index (κ2) is 7.28. The van der Waals surface area contributed by atoms with Crippen LogP contribution in [0.2, 0.25) is 5.02 Å². The standard InChI is InChI=1S/C15H21ClN2/c1-4-6-10-18(12(3)5-2)15-9-7-8-14(16)13(15)11-17/h7-9,12H,4-6,10H2,1-3H3. The highest BCUT2D eigenvalue weighted by Gasteiger charge is 2.17. The second-order valence-electron chi connectivity index (χ2n) is 4.55. The average molecular weight is 265 g/mol. The molecule has 1 aromatic rings. The van der Waals surface area contributed by atoms with Crippen molar-refractivity contribution in [2.75, 3.05) is 11.4 Å². The first-order chi connectivity index (χ1) is 8.65. The third-order valence-electron chi connectivity index (χ3n) is 3.29. The number of hydrogen-bond donors (Lipinski definition) is 0. The first-order valence-electron chi connectivity index (χ1n) is 6.60. The molecule has 0 N–H and O–H groups in total. The molecule has 0 bridgehead atoms. The minimum atomic E-state index is 0.419. The zero-order valence-corrected chi connectivity index (χ0v) is 12.2. The van der Waals surface area contributed by atoms with E-state index in [2.05, 4.69) is 31.7 Å². The molecule has 0 aliphatic heterocycles. The van der Waals surface area contributed by atoms with Gasteiger partial charge in [0, 0.05) is 12.6 Å². The molecule has 0 aliphatic carbocycles. The SMILES string of the molecule is CCCCN(c1cccc(Cl)c1C#N)C(C)CC. The van der Waals surface area contributed by atoms with Crippen LogP contribution in [0.1, 0.15) is 45.6 Å². The molecule has 2 nitrogen and oxygen atoms in total. The second-order valence-corrected chi connectivity index (χ2v) is 4.96. The topological polar surface area (TPSA) is 27.0 Å². The Labute approximate surface area is 115 Å². The van der Waals surface area contributed by atoms with Crippen molar-refractivity contribution in [1.82, 2.24) is 0 Å². The van der Waals surface area contributed by atoms with Crippen LogP contribution < -0.4 is 4.90 Å². The summed E-state index contributed by atoms with van der Waals surface area (Å²) in [7, 11) is 0. The summed E-state index contributed by atoms with van der Waals surface area (Å²) in [5.41, 5.74) is 1.56. The predicted octanol–water partition coefficient (Wildman–Crippen LogP) is 4.62. The van der Waals surface area contributed by atoms with Crippen LogP contribution in [0, 0.1) is 11.3 Å². The number of nitriles is 1. The molecule has 0 heterocycles. The lowest BCUT2D eigenvalue weighted by Crippen LogP contribution is -2.34. The van der Waals surface area contributed by atoms with Gasteiger partial charge in [-0.25, -0.2) is 0 Å². The average Bonchev–Trinajstić information content (AvgIpc) is 2.39. The molecule has 1 unspecified atom stereocenters. The van der Waals surface area contributed by atoms with Gasteiger partial charge in [-0.2, -0.15) is 5.26 Å². The summed E-state index contributed by atoms with van der Waals surface area (Å²) in [4.78, 5) is 2.30. The van der Waals surface area contributed by atoms with Gasteiger partial charge in [0.15, 0.2) is 0 Å². The van der Waals surface area contributed by atoms with Crippen LogP contribution in [0.3, 0.4) is 0 Å². The molecule has 0 radical (unpaired) electrons. The van der Waals surface area contributed by atoms with Crippen LogP contribution in [0.25, 0.3) is 0 Å². The molecule has 0 saturated carbocycles. The van der Waals surface area contributed by atoms with Crippen molar-refractivity contribution in [3.8, 4) is 6.07 Å². The van der Waals surface area contributed by atoms with E-state index in [0.29, 0.717) is 16.6 Å². The normalized spacial score (nSPS) is 11.9. The van der Waals surface area contributed by atoms with E-state index in [1.54, 1.807) is 6.07 Å². The molecule has 0 spiro atoms. The maximum atomic E-state index is 9.27. The van der Waals surface area contributed by atoms with Crippen LogP contribution in [0.4, 0.5) is 5.69 Å². The molecule has 0 saturated heterocycles.